The first kappa shape index (κ1) is 15.7. The first-order chi connectivity index (χ1) is 8.72. The fourth-order valence-electron chi connectivity index (χ4n) is 1.67. The summed E-state index contributed by atoms with van der Waals surface area (Å²) in [4.78, 5) is 13.9. The van der Waals surface area contributed by atoms with E-state index >= 15 is 0 Å². The van der Waals surface area contributed by atoms with Gasteiger partial charge in [0.15, 0.2) is 0 Å². The van der Waals surface area contributed by atoms with Crippen molar-refractivity contribution in [2.24, 2.45) is 0 Å². The summed E-state index contributed by atoms with van der Waals surface area (Å²) in [7, 11) is 4.03. The topological polar surface area (TPSA) is 50.2 Å². The molecule has 108 valence electrons. The van der Waals surface area contributed by atoms with Gasteiger partial charge in [0.1, 0.15) is 0 Å². The van der Waals surface area contributed by atoms with Crippen LogP contribution in [0.4, 0.5) is 0 Å². The minimum atomic E-state index is -0.0339. The summed E-state index contributed by atoms with van der Waals surface area (Å²) in [5.74, 6) is 0.0717. The van der Waals surface area contributed by atoms with Crippen LogP contribution in [0.3, 0.4) is 0 Å². The third kappa shape index (κ3) is 4.67. The number of carbonyl (C=O) groups is 1. The van der Waals surface area contributed by atoms with E-state index in [1.807, 2.05) is 38.7 Å². The second-order valence-corrected chi connectivity index (χ2v) is 5.88. The molecule has 0 aliphatic carbocycles. The van der Waals surface area contributed by atoms with Crippen LogP contribution in [0.2, 0.25) is 0 Å². The van der Waals surface area contributed by atoms with E-state index < -0.39 is 0 Å². The van der Waals surface area contributed by atoms with Crippen LogP contribution in [0.25, 0.3) is 0 Å². The number of hydrogen-bond donors (Lipinski definition) is 1. The highest BCUT2D eigenvalue weighted by molar-refractivity contribution is 5.75. The van der Waals surface area contributed by atoms with Crippen molar-refractivity contribution in [1.82, 2.24) is 20.0 Å². The third-order valence-electron chi connectivity index (χ3n) is 3.58. The van der Waals surface area contributed by atoms with Gasteiger partial charge in [0.25, 0.3) is 0 Å². The normalized spacial score (nSPS) is 11.9. The van der Waals surface area contributed by atoms with E-state index in [4.69, 9.17) is 0 Å². The third-order valence-corrected chi connectivity index (χ3v) is 3.58. The molecular formula is C14H26N4O. The summed E-state index contributed by atoms with van der Waals surface area (Å²) >= 11 is 0. The van der Waals surface area contributed by atoms with E-state index in [9.17, 15) is 4.79 Å². The van der Waals surface area contributed by atoms with Crippen molar-refractivity contribution < 1.29 is 4.79 Å². The Kier molecular flexibility index (Phi) is 5.11. The number of aromatic nitrogens is 2. The zero-order chi connectivity index (χ0) is 14.6. The minimum Gasteiger partial charge on any atom is -0.354 e. The second kappa shape index (κ2) is 6.19. The number of rotatable bonds is 6. The summed E-state index contributed by atoms with van der Waals surface area (Å²) in [6, 6.07) is 2.02. The van der Waals surface area contributed by atoms with Crippen molar-refractivity contribution in [1.29, 1.82) is 0 Å². The van der Waals surface area contributed by atoms with Gasteiger partial charge in [0, 0.05) is 30.7 Å². The standard InChI is InChI=1S/C14H26N4O/c1-11-9-12(2)18(16-11)8-7-13(19)15-10-14(3,4)17(5)6/h9H,7-8,10H2,1-6H3,(H,15,19). The first-order valence-corrected chi connectivity index (χ1v) is 6.67. The van der Waals surface area contributed by atoms with E-state index in [2.05, 4.69) is 29.2 Å². The second-order valence-electron chi connectivity index (χ2n) is 5.88. The average molecular weight is 266 g/mol. The number of nitrogens with one attached hydrogen (secondary N) is 1. The Morgan fingerprint density at radius 2 is 2.05 bits per heavy atom. The summed E-state index contributed by atoms with van der Waals surface area (Å²) in [6.07, 6.45) is 0.464. The van der Waals surface area contributed by atoms with Gasteiger partial charge in [0.2, 0.25) is 5.91 Å². The van der Waals surface area contributed by atoms with Gasteiger partial charge < -0.3 is 10.2 Å². The van der Waals surface area contributed by atoms with Crippen molar-refractivity contribution in [3.63, 3.8) is 0 Å². The molecule has 19 heavy (non-hydrogen) atoms. The molecule has 5 nitrogen and oxygen atoms in total. The van der Waals surface area contributed by atoms with Crippen LogP contribution in [-0.4, -0.2) is 46.8 Å². The molecule has 0 aliphatic rings. The Morgan fingerprint density at radius 3 is 2.53 bits per heavy atom. The zero-order valence-corrected chi connectivity index (χ0v) is 12.9. The molecule has 1 amide bonds. The molecule has 0 bridgehead atoms. The molecule has 0 atom stereocenters. The van der Waals surface area contributed by atoms with Gasteiger partial charge in [-0.25, -0.2) is 0 Å². The number of likely N-dealkylation sites (N-methyl/N-ethyl adjacent to an activating group) is 1. The minimum absolute atomic E-state index is 0.0339. The van der Waals surface area contributed by atoms with Crippen molar-refractivity contribution in [2.75, 3.05) is 20.6 Å². The van der Waals surface area contributed by atoms with Gasteiger partial charge in [-0.1, -0.05) is 0 Å². The van der Waals surface area contributed by atoms with Crippen LogP contribution in [0.1, 0.15) is 31.7 Å². The van der Waals surface area contributed by atoms with Crippen molar-refractivity contribution in [3.8, 4) is 0 Å². The predicted octanol–water partition coefficient (Wildman–Crippen LogP) is 1.35. The van der Waals surface area contributed by atoms with E-state index in [0.717, 1.165) is 11.4 Å². The lowest BCUT2D eigenvalue weighted by atomic mass is 10.0. The van der Waals surface area contributed by atoms with Gasteiger partial charge in [-0.15, -0.1) is 0 Å². The molecule has 0 saturated carbocycles. The molecule has 1 aromatic heterocycles. The summed E-state index contributed by atoms with van der Waals surface area (Å²) < 4.78 is 1.88. The Balaban J connectivity index is 2.39. The molecule has 0 fully saturated rings. The van der Waals surface area contributed by atoms with Crippen LogP contribution < -0.4 is 5.32 Å². The lowest BCUT2D eigenvalue weighted by Crippen LogP contribution is -2.48. The van der Waals surface area contributed by atoms with Gasteiger partial charge in [-0.3, -0.25) is 9.48 Å². The number of amides is 1. The van der Waals surface area contributed by atoms with Gasteiger partial charge in [0.05, 0.1) is 5.69 Å². The van der Waals surface area contributed by atoms with Gasteiger partial charge in [-0.05, 0) is 47.9 Å². The number of hydrogen-bond acceptors (Lipinski definition) is 3. The molecule has 5 heteroatoms. The molecule has 0 saturated heterocycles. The summed E-state index contributed by atoms with van der Waals surface area (Å²) in [5, 5.41) is 7.33. The fraction of sp³-hybridized carbons (Fsp3) is 0.714. The van der Waals surface area contributed by atoms with E-state index in [0.29, 0.717) is 19.5 Å². The maximum absolute atomic E-state index is 11.8. The van der Waals surface area contributed by atoms with Crippen LogP contribution in [0.15, 0.2) is 6.07 Å². The molecular weight excluding hydrogens is 240 g/mol. The lowest BCUT2D eigenvalue weighted by Gasteiger charge is -2.32. The van der Waals surface area contributed by atoms with E-state index in [-0.39, 0.29) is 11.4 Å². The first-order valence-electron chi connectivity index (χ1n) is 6.67. The molecule has 0 aromatic carbocycles. The Labute approximate surface area is 116 Å². The highest BCUT2D eigenvalue weighted by Gasteiger charge is 2.20. The van der Waals surface area contributed by atoms with Crippen LogP contribution in [-0.2, 0) is 11.3 Å². The largest absolute Gasteiger partial charge is 0.354 e. The average Bonchev–Trinajstić information content (AvgIpc) is 2.62. The van der Waals surface area contributed by atoms with Crippen molar-refractivity contribution in [3.05, 3.63) is 17.5 Å². The smallest absolute Gasteiger partial charge is 0.221 e. The Bertz CT molecular complexity index is 435. The highest BCUT2D eigenvalue weighted by Crippen LogP contribution is 2.08. The number of carbonyl (C=O) groups excluding carboxylic acids is 1. The maximum Gasteiger partial charge on any atom is 0.221 e. The van der Waals surface area contributed by atoms with Crippen molar-refractivity contribution >= 4 is 5.91 Å². The Morgan fingerprint density at radius 1 is 1.42 bits per heavy atom. The predicted molar refractivity (Wildman–Crippen MR) is 77.1 cm³/mol. The summed E-state index contributed by atoms with van der Waals surface area (Å²) in [5.41, 5.74) is 2.05. The number of nitrogens with zero attached hydrogens (tertiary/aromatic N) is 3. The quantitative estimate of drug-likeness (QED) is 0.845. The van der Waals surface area contributed by atoms with Gasteiger partial charge in [-0.2, -0.15) is 5.10 Å². The molecule has 1 heterocycles. The highest BCUT2D eigenvalue weighted by atomic mass is 16.1. The van der Waals surface area contributed by atoms with E-state index in [1.54, 1.807) is 0 Å². The zero-order valence-electron chi connectivity index (χ0n) is 12.9. The maximum atomic E-state index is 11.8. The lowest BCUT2D eigenvalue weighted by molar-refractivity contribution is -0.121. The van der Waals surface area contributed by atoms with Crippen molar-refractivity contribution in [2.45, 2.75) is 46.2 Å². The molecule has 0 spiro atoms. The van der Waals surface area contributed by atoms with Crippen LogP contribution >= 0.6 is 0 Å². The molecule has 0 aliphatic heterocycles. The van der Waals surface area contributed by atoms with E-state index in [1.165, 1.54) is 0 Å². The number of aryl methyl sites for hydroxylation is 3. The molecule has 1 N–H and O–H groups in total. The van der Waals surface area contributed by atoms with Crippen LogP contribution in [0, 0.1) is 13.8 Å². The fourth-order valence-corrected chi connectivity index (χ4v) is 1.67. The van der Waals surface area contributed by atoms with Gasteiger partial charge >= 0.3 is 0 Å². The molecule has 0 unspecified atom stereocenters. The SMILES string of the molecule is Cc1cc(C)n(CCC(=O)NCC(C)(C)N(C)C)n1. The molecule has 0 radical (unpaired) electrons. The molecule has 1 rings (SSSR count). The van der Waals surface area contributed by atoms with Crippen LogP contribution in [0.5, 0.6) is 0 Å². The summed E-state index contributed by atoms with van der Waals surface area (Å²) in [6.45, 7) is 9.46. The monoisotopic (exact) mass is 266 g/mol. The Hall–Kier alpha value is -1.36. The molecule has 1 aromatic rings.